The number of benzene rings is 1. The van der Waals surface area contributed by atoms with Gasteiger partial charge in [0.05, 0.1) is 11.3 Å². The minimum absolute atomic E-state index is 0.0659. The van der Waals surface area contributed by atoms with Crippen molar-refractivity contribution in [2.45, 2.75) is 32.0 Å². The Morgan fingerprint density at radius 3 is 2.45 bits per heavy atom. The highest BCUT2D eigenvalue weighted by Crippen LogP contribution is 2.34. The van der Waals surface area contributed by atoms with E-state index < -0.39 is 17.8 Å². The number of carbonyl (C=O) groups excluding carboxylic acids is 1. The van der Waals surface area contributed by atoms with Gasteiger partial charge in [0.2, 0.25) is 0 Å². The molecule has 4 nitrogen and oxygen atoms in total. The molecule has 1 aromatic rings. The predicted octanol–water partition coefficient (Wildman–Crippen LogP) is 3.30. The molecule has 1 saturated heterocycles. The summed E-state index contributed by atoms with van der Waals surface area (Å²) in [6, 6.07) is 4.55. The van der Waals surface area contributed by atoms with Gasteiger partial charge < -0.3 is 16.0 Å². The molecule has 122 valence electrons. The number of nitrogens with one attached hydrogen (secondary N) is 1. The predicted molar refractivity (Wildman–Crippen MR) is 78.4 cm³/mol. The summed E-state index contributed by atoms with van der Waals surface area (Å²) >= 11 is 0. The number of amides is 2. The maximum Gasteiger partial charge on any atom is 0.418 e. The lowest BCUT2D eigenvalue weighted by atomic mass is 9.91. The number of alkyl halides is 3. The lowest BCUT2D eigenvalue weighted by Crippen LogP contribution is -2.44. The maximum absolute atomic E-state index is 12.9. The van der Waals surface area contributed by atoms with Crippen LogP contribution in [0.2, 0.25) is 0 Å². The molecular formula is C15H20F3N3O. The van der Waals surface area contributed by atoms with E-state index in [1.54, 1.807) is 0 Å². The zero-order valence-electron chi connectivity index (χ0n) is 12.4. The minimum Gasteiger partial charge on any atom is -0.328 e. The Hall–Kier alpha value is -1.76. The molecule has 1 fully saturated rings. The van der Waals surface area contributed by atoms with Crippen molar-refractivity contribution in [3.8, 4) is 0 Å². The SMILES string of the molecule is CC(N)C1CCN(C(=O)Nc2ccccc2C(F)(F)F)CC1. The Kier molecular flexibility index (Phi) is 4.95. The van der Waals surface area contributed by atoms with Crippen LogP contribution in [0.25, 0.3) is 0 Å². The van der Waals surface area contributed by atoms with Crippen LogP contribution in [0.15, 0.2) is 24.3 Å². The van der Waals surface area contributed by atoms with Crippen LogP contribution >= 0.6 is 0 Å². The quantitative estimate of drug-likeness (QED) is 0.880. The van der Waals surface area contributed by atoms with Crippen LogP contribution in [0.3, 0.4) is 0 Å². The van der Waals surface area contributed by atoms with Crippen LogP contribution in [0, 0.1) is 5.92 Å². The number of rotatable bonds is 2. The standard InChI is InChI=1S/C15H20F3N3O/c1-10(19)11-6-8-21(9-7-11)14(22)20-13-5-3-2-4-12(13)15(16,17)18/h2-5,10-11H,6-9,19H2,1H3,(H,20,22). The normalized spacial score (nSPS) is 18.1. The van der Waals surface area contributed by atoms with E-state index in [1.807, 2.05) is 6.92 Å². The highest BCUT2D eigenvalue weighted by molar-refractivity contribution is 5.90. The lowest BCUT2D eigenvalue weighted by Gasteiger charge is -2.33. The molecule has 0 aromatic heterocycles. The van der Waals surface area contributed by atoms with Crippen molar-refractivity contribution in [1.82, 2.24) is 4.90 Å². The molecule has 0 radical (unpaired) electrons. The number of piperidine rings is 1. The largest absolute Gasteiger partial charge is 0.418 e. The summed E-state index contributed by atoms with van der Waals surface area (Å²) in [6.45, 7) is 2.94. The molecule has 7 heteroatoms. The molecule has 22 heavy (non-hydrogen) atoms. The van der Waals surface area contributed by atoms with Crippen molar-refractivity contribution in [2.24, 2.45) is 11.7 Å². The summed E-state index contributed by atoms with van der Waals surface area (Å²) in [5.74, 6) is 0.353. The molecule has 1 aliphatic heterocycles. The van der Waals surface area contributed by atoms with E-state index in [1.165, 1.54) is 23.1 Å². The minimum atomic E-state index is -4.49. The molecule has 1 aliphatic rings. The van der Waals surface area contributed by atoms with Gasteiger partial charge in [0.25, 0.3) is 0 Å². The zero-order valence-corrected chi connectivity index (χ0v) is 12.4. The third-order valence-corrected chi connectivity index (χ3v) is 4.04. The summed E-state index contributed by atoms with van der Waals surface area (Å²) in [6.07, 6.45) is -2.95. The number of halogens is 3. The second-order valence-corrected chi connectivity index (χ2v) is 5.66. The molecule has 1 heterocycles. The first-order chi connectivity index (χ1) is 10.3. The molecule has 0 spiro atoms. The third-order valence-electron chi connectivity index (χ3n) is 4.04. The molecule has 2 rings (SSSR count). The number of carbonyl (C=O) groups is 1. The lowest BCUT2D eigenvalue weighted by molar-refractivity contribution is -0.136. The van der Waals surface area contributed by atoms with E-state index in [0.717, 1.165) is 18.9 Å². The van der Waals surface area contributed by atoms with Crippen molar-refractivity contribution >= 4 is 11.7 Å². The van der Waals surface area contributed by atoms with Crippen LogP contribution in [0.1, 0.15) is 25.3 Å². The van der Waals surface area contributed by atoms with Gasteiger partial charge in [0.1, 0.15) is 0 Å². The Balaban J connectivity index is 2.02. The molecule has 1 unspecified atom stereocenters. The van der Waals surface area contributed by atoms with Crippen molar-refractivity contribution in [3.05, 3.63) is 29.8 Å². The van der Waals surface area contributed by atoms with E-state index in [4.69, 9.17) is 5.73 Å². The molecule has 0 bridgehead atoms. The number of urea groups is 1. The highest BCUT2D eigenvalue weighted by atomic mass is 19.4. The van der Waals surface area contributed by atoms with Gasteiger partial charge in [0, 0.05) is 19.1 Å². The second-order valence-electron chi connectivity index (χ2n) is 5.66. The Bertz CT molecular complexity index is 523. The van der Waals surface area contributed by atoms with Gasteiger partial charge in [-0.3, -0.25) is 0 Å². The van der Waals surface area contributed by atoms with E-state index in [-0.39, 0.29) is 11.7 Å². The fraction of sp³-hybridized carbons (Fsp3) is 0.533. The van der Waals surface area contributed by atoms with Gasteiger partial charge in [-0.15, -0.1) is 0 Å². The number of para-hydroxylation sites is 1. The van der Waals surface area contributed by atoms with Crippen molar-refractivity contribution in [1.29, 1.82) is 0 Å². The summed E-state index contributed by atoms with van der Waals surface area (Å²) < 4.78 is 38.7. The van der Waals surface area contributed by atoms with E-state index >= 15 is 0 Å². The molecular weight excluding hydrogens is 295 g/mol. The number of anilines is 1. The van der Waals surface area contributed by atoms with Gasteiger partial charge >= 0.3 is 12.2 Å². The fourth-order valence-corrected chi connectivity index (χ4v) is 2.66. The first-order valence-electron chi connectivity index (χ1n) is 7.26. The van der Waals surface area contributed by atoms with Gasteiger partial charge in [0.15, 0.2) is 0 Å². The van der Waals surface area contributed by atoms with Crippen LogP contribution in [-0.4, -0.2) is 30.1 Å². The molecule has 0 saturated carbocycles. The van der Waals surface area contributed by atoms with Crippen LogP contribution in [-0.2, 0) is 6.18 Å². The topological polar surface area (TPSA) is 58.4 Å². The van der Waals surface area contributed by atoms with Crippen molar-refractivity contribution < 1.29 is 18.0 Å². The Labute approximate surface area is 127 Å². The van der Waals surface area contributed by atoms with E-state index in [9.17, 15) is 18.0 Å². The summed E-state index contributed by atoms with van der Waals surface area (Å²) in [5, 5.41) is 2.37. The number of nitrogens with two attached hydrogens (primary N) is 1. The molecule has 1 aromatic carbocycles. The maximum atomic E-state index is 12.9. The monoisotopic (exact) mass is 315 g/mol. The molecule has 1 atom stereocenters. The molecule has 2 amide bonds. The van der Waals surface area contributed by atoms with Crippen LogP contribution < -0.4 is 11.1 Å². The van der Waals surface area contributed by atoms with Crippen LogP contribution in [0.5, 0.6) is 0 Å². The number of likely N-dealkylation sites (tertiary alicyclic amines) is 1. The van der Waals surface area contributed by atoms with Gasteiger partial charge in [-0.05, 0) is 37.8 Å². The number of hydrogen-bond donors (Lipinski definition) is 2. The first kappa shape index (κ1) is 16.6. The van der Waals surface area contributed by atoms with Crippen molar-refractivity contribution in [2.75, 3.05) is 18.4 Å². The van der Waals surface area contributed by atoms with Crippen molar-refractivity contribution in [3.63, 3.8) is 0 Å². The average Bonchev–Trinajstić information content (AvgIpc) is 2.46. The van der Waals surface area contributed by atoms with Gasteiger partial charge in [-0.25, -0.2) is 4.79 Å². The third kappa shape index (κ3) is 3.91. The second kappa shape index (κ2) is 6.56. The fourth-order valence-electron chi connectivity index (χ4n) is 2.66. The first-order valence-corrected chi connectivity index (χ1v) is 7.26. The Morgan fingerprint density at radius 1 is 1.32 bits per heavy atom. The number of hydrogen-bond acceptors (Lipinski definition) is 2. The van der Waals surface area contributed by atoms with E-state index in [2.05, 4.69) is 5.32 Å². The van der Waals surface area contributed by atoms with Gasteiger partial charge in [-0.1, -0.05) is 12.1 Å². The zero-order chi connectivity index (χ0) is 16.3. The summed E-state index contributed by atoms with van der Waals surface area (Å²) in [4.78, 5) is 13.7. The van der Waals surface area contributed by atoms with Gasteiger partial charge in [-0.2, -0.15) is 13.2 Å². The average molecular weight is 315 g/mol. The molecule has 3 N–H and O–H groups in total. The summed E-state index contributed by atoms with van der Waals surface area (Å²) in [5.41, 5.74) is 4.78. The number of nitrogens with zero attached hydrogens (tertiary/aromatic N) is 1. The highest BCUT2D eigenvalue weighted by Gasteiger charge is 2.34. The molecule has 0 aliphatic carbocycles. The van der Waals surface area contributed by atoms with Crippen LogP contribution in [0.4, 0.5) is 23.7 Å². The summed E-state index contributed by atoms with van der Waals surface area (Å²) in [7, 11) is 0. The Morgan fingerprint density at radius 2 is 1.91 bits per heavy atom. The smallest absolute Gasteiger partial charge is 0.328 e. The van der Waals surface area contributed by atoms with E-state index in [0.29, 0.717) is 19.0 Å².